The van der Waals surface area contributed by atoms with Crippen molar-refractivity contribution in [1.29, 1.82) is 0 Å². The van der Waals surface area contributed by atoms with Crippen molar-refractivity contribution in [2.45, 2.75) is 104 Å². The number of aryl methyl sites for hydroxylation is 1. The van der Waals surface area contributed by atoms with Gasteiger partial charge in [-0.05, 0) is 47.2 Å². The van der Waals surface area contributed by atoms with Crippen LogP contribution in [0, 0.1) is 11.5 Å². The van der Waals surface area contributed by atoms with Crippen LogP contribution in [-0.2, 0) is 72.8 Å². The zero-order valence-electron chi connectivity index (χ0n) is 27.7. The van der Waals surface area contributed by atoms with Gasteiger partial charge in [0.25, 0.3) is 0 Å². The van der Waals surface area contributed by atoms with Gasteiger partial charge in [0, 0.05) is 38.8 Å². The maximum Gasteiger partial charge on any atom is 0.303 e. The Balaban J connectivity index is 1.92. The predicted octanol–water partition coefficient (Wildman–Crippen LogP) is 4.51. The summed E-state index contributed by atoms with van der Waals surface area (Å²) >= 11 is 0. The minimum Gasteiger partial charge on any atom is -0.463 e. The lowest BCUT2D eigenvalue weighted by atomic mass is 9.84. The van der Waals surface area contributed by atoms with E-state index in [-0.39, 0.29) is 13.2 Å². The second-order valence-corrected chi connectivity index (χ2v) is 17.4. The Bertz CT molecular complexity index is 1550. The van der Waals surface area contributed by atoms with Crippen LogP contribution in [0.15, 0.2) is 36.4 Å². The van der Waals surface area contributed by atoms with E-state index < -0.39 is 62.2 Å². The SMILES string of the molecule is CCc1ccc(Cc2cc3c(cc2C#C[Si](C)(C)C)CO[C@]32O[C@H](COC(C)=O)[C@H](OC(C)=O)[C@H](OC(C)=O)[C@H]2OC(C)=O)cc1. The lowest BCUT2D eigenvalue weighted by molar-refractivity contribution is -0.370. The summed E-state index contributed by atoms with van der Waals surface area (Å²) in [5, 5.41) is 0. The minimum absolute atomic E-state index is 0.0610. The average Bonchev–Trinajstić information content (AvgIpc) is 3.31. The number of rotatable bonds is 8. The maximum absolute atomic E-state index is 12.5. The molecule has 5 atom stereocenters. The van der Waals surface area contributed by atoms with E-state index in [4.69, 9.17) is 28.4 Å². The van der Waals surface area contributed by atoms with Gasteiger partial charge >= 0.3 is 23.9 Å². The van der Waals surface area contributed by atoms with Crippen molar-refractivity contribution in [1.82, 2.24) is 0 Å². The third-order valence-corrected chi connectivity index (χ3v) is 8.46. The number of fused-ring (bicyclic) bond motifs is 2. The van der Waals surface area contributed by atoms with Gasteiger partial charge in [-0.15, -0.1) is 5.54 Å². The topological polar surface area (TPSA) is 124 Å². The van der Waals surface area contributed by atoms with Crippen LogP contribution in [0.5, 0.6) is 0 Å². The average molecular weight is 651 g/mol. The number of carbonyl (C=O) groups excluding carboxylic acids is 4. The summed E-state index contributed by atoms with van der Waals surface area (Å²) in [6.45, 7) is 13.1. The Hall–Kier alpha value is -3.98. The van der Waals surface area contributed by atoms with E-state index in [1.165, 1.54) is 33.3 Å². The number of hydrogen-bond acceptors (Lipinski definition) is 10. The molecular formula is C35H42O10Si. The highest BCUT2D eigenvalue weighted by molar-refractivity contribution is 6.83. The zero-order valence-corrected chi connectivity index (χ0v) is 28.7. The first-order valence-corrected chi connectivity index (χ1v) is 18.9. The molecule has 0 aliphatic carbocycles. The van der Waals surface area contributed by atoms with Gasteiger partial charge in [-0.1, -0.05) is 56.8 Å². The highest BCUT2D eigenvalue weighted by atomic mass is 28.3. The molecule has 246 valence electrons. The molecule has 0 aromatic heterocycles. The van der Waals surface area contributed by atoms with Crippen molar-refractivity contribution < 1.29 is 47.6 Å². The van der Waals surface area contributed by atoms with E-state index in [1.54, 1.807) is 0 Å². The first-order chi connectivity index (χ1) is 21.6. The smallest absolute Gasteiger partial charge is 0.303 e. The summed E-state index contributed by atoms with van der Waals surface area (Å²) in [4.78, 5) is 49.0. The summed E-state index contributed by atoms with van der Waals surface area (Å²) in [6.07, 6.45) is -3.71. The highest BCUT2D eigenvalue weighted by Gasteiger charge is 2.64. The zero-order chi connectivity index (χ0) is 33.8. The lowest BCUT2D eigenvalue weighted by Crippen LogP contribution is -2.66. The van der Waals surface area contributed by atoms with Crippen LogP contribution >= 0.6 is 0 Å². The van der Waals surface area contributed by atoms with Gasteiger partial charge in [-0.3, -0.25) is 19.2 Å². The van der Waals surface area contributed by atoms with Crippen molar-refractivity contribution >= 4 is 32.0 Å². The standard InChI is InChI=1S/C35H42O10Si/c1-9-25-10-12-26(13-11-25)16-28-18-30-29(17-27(28)14-15-46(6,7)8)19-41-35(30)34(44-24(5)39)33(43-23(4)38)32(42-22(3)37)31(45-35)20-40-21(2)36/h10-13,17-18,31-34H,9,16,19-20H2,1-8H3/t31-,32+,33+,34-,35+/m1/s1. The van der Waals surface area contributed by atoms with Crippen molar-refractivity contribution in [2.75, 3.05) is 6.61 Å². The molecule has 1 saturated heterocycles. The van der Waals surface area contributed by atoms with Gasteiger partial charge < -0.3 is 28.4 Å². The van der Waals surface area contributed by atoms with E-state index >= 15 is 0 Å². The normalized spacial score (nSPS) is 23.5. The fourth-order valence-electron chi connectivity index (χ4n) is 5.62. The number of carbonyl (C=O) groups is 4. The lowest BCUT2D eigenvalue weighted by Gasteiger charge is -2.49. The Morgan fingerprint density at radius 3 is 2.04 bits per heavy atom. The largest absolute Gasteiger partial charge is 0.463 e. The van der Waals surface area contributed by atoms with Gasteiger partial charge in [0.15, 0.2) is 12.2 Å². The van der Waals surface area contributed by atoms with Crippen molar-refractivity contribution in [2.24, 2.45) is 0 Å². The van der Waals surface area contributed by atoms with E-state index in [0.29, 0.717) is 12.0 Å². The second-order valence-electron chi connectivity index (χ2n) is 12.6. The van der Waals surface area contributed by atoms with E-state index in [9.17, 15) is 19.2 Å². The molecule has 11 heteroatoms. The van der Waals surface area contributed by atoms with Crippen LogP contribution < -0.4 is 0 Å². The van der Waals surface area contributed by atoms with Crippen LogP contribution in [0.4, 0.5) is 0 Å². The van der Waals surface area contributed by atoms with Gasteiger partial charge in [0.2, 0.25) is 11.9 Å². The summed E-state index contributed by atoms with van der Waals surface area (Å²) < 4.78 is 35.3. The molecule has 0 bridgehead atoms. The fraction of sp³-hybridized carbons (Fsp3) is 0.486. The van der Waals surface area contributed by atoms with Crippen molar-refractivity contribution in [3.63, 3.8) is 0 Å². The number of hydrogen-bond donors (Lipinski definition) is 0. The quantitative estimate of drug-likeness (QED) is 0.175. The molecule has 0 unspecified atom stereocenters. The number of ether oxygens (including phenoxy) is 6. The maximum atomic E-state index is 12.5. The fourth-order valence-corrected chi connectivity index (χ4v) is 6.13. The molecule has 46 heavy (non-hydrogen) atoms. The molecule has 0 amide bonds. The summed E-state index contributed by atoms with van der Waals surface area (Å²) in [5.41, 5.74) is 8.77. The molecule has 2 heterocycles. The van der Waals surface area contributed by atoms with Crippen molar-refractivity contribution in [3.05, 3.63) is 69.8 Å². The molecule has 0 saturated carbocycles. The van der Waals surface area contributed by atoms with Gasteiger partial charge in [0.1, 0.15) is 20.8 Å². The Morgan fingerprint density at radius 1 is 0.870 bits per heavy atom. The van der Waals surface area contributed by atoms with Crippen LogP contribution in [0.25, 0.3) is 0 Å². The summed E-state index contributed by atoms with van der Waals surface area (Å²) in [5.74, 6) is -1.10. The molecule has 1 fully saturated rings. The van der Waals surface area contributed by atoms with Gasteiger partial charge in [-0.2, -0.15) is 0 Å². The molecule has 2 aliphatic heterocycles. The second kappa shape index (κ2) is 14.2. The number of esters is 4. The van der Waals surface area contributed by atoms with Crippen LogP contribution in [0.2, 0.25) is 19.6 Å². The first kappa shape index (κ1) is 34.9. The molecular weight excluding hydrogens is 608 g/mol. The molecule has 4 rings (SSSR count). The van der Waals surface area contributed by atoms with Crippen LogP contribution in [-0.4, -0.2) is 63.0 Å². The first-order valence-electron chi connectivity index (χ1n) is 15.4. The monoisotopic (exact) mass is 650 g/mol. The molecule has 1 spiro atoms. The van der Waals surface area contributed by atoms with E-state index in [0.717, 1.165) is 28.7 Å². The molecule has 0 radical (unpaired) electrons. The van der Waals surface area contributed by atoms with Gasteiger partial charge in [-0.25, -0.2) is 0 Å². The van der Waals surface area contributed by atoms with Crippen LogP contribution in [0.3, 0.4) is 0 Å². The molecule has 10 nitrogen and oxygen atoms in total. The minimum atomic E-state index is -1.80. The Kier molecular flexibility index (Phi) is 10.8. The summed E-state index contributed by atoms with van der Waals surface area (Å²) in [7, 11) is -1.74. The van der Waals surface area contributed by atoms with E-state index in [2.05, 4.69) is 62.3 Å². The Morgan fingerprint density at radius 2 is 1.48 bits per heavy atom. The molecule has 0 N–H and O–H groups in total. The highest BCUT2D eigenvalue weighted by Crippen LogP contribution is 2.49. The third kappa shape index (κ3) is 8.23. The van der Waals surface area contributed by atoms with Crippen LogP contribution in [0.1, 0.15) is 68.0 Å². The predicted molar refractivity (Wildman–Crippen MR) is 170 cm³/mol. The molecule has 2 aromatic carbocycles. The van der Waals surface area contributed by atoms with Crippen molar-refractivity contribution in [3.8, 4) is 11.5 Å². The molecule has 2 aromatic rings. The molecule has 2 aliphatic rings. The van der Waals surface area contributed by atoms with Gasteiger partial charge in [0.05, 0.1) is 6.61 Å². The number of benzene rings is 2. The Labute approximate surface area is 271 Å². The van der Waals surface area contributed by atoms with E-state index in [1.807, 2.05) is 12.1 Å². The third-order valence-electron chi connectivity index (χ3n) is 7.58. The summed E-state index contributed by atoms with van der Waals surface area (Å²) in [6, 6.07) is 12.3.